The lowest BCUT2D eigenvalue weighted by Gasteiger charge is -2.46. The molecule has 3 aromatic rings. The van der Waals surface area contributed by atoms with Gasteiger partial charge in [-0.15, -0.1) is 0 Å². The van der Waals surface area contributed by atoms with Gasteiger partial charge in [-0.1, -0.05) is 12.1 Å². The number of carbonyl (C=O) groups is 1. The van der Waals surface area contributed by atoms with Gasteiger partial charge >= 0.3 is 0 Å². The first-order valence-corrected chi connectivity index (χ1v) is 10.5. The van der Waals surface area contributed by atoms with Crippen LogP contribution in [0, 0.1) is 0 Å². The Morgan fingerprint density at radius 1 is 0.933 bits per heavy atom. The number of hydrogen-bond acceptors (Lipinski definition) is 4. The Morgan fingerprint density at radius 3 is 2.60 bits per heavy atom. The maximum absolute atomic E-state index is 13.2. The van der Waals surface area contributed by atoms with Crippen molar-refractivity contribution in [3.8, 4) is 17.2 Å². The van der Waals surface area contributed by atoms with Gasteiger partial charge in [0, 0.05) is 30.5 Å². The number of anilines is 1. The van der Waals surface area contributed by atoms with Crippen LogP contribution in [0.25, 0.3) is 5.69 Å². The fourth-order valence-electron chi connectivity index (χ4n) is 4.92. The van der Waals surface area contributed by atoms with Crippen molar-refractivity contribution in [2.75, 3.05) is 31.6 Å². The molecule has 1 saturated heterocycles. The minimum absolute atomic E-state index is 0.0495. The minimum Gasteiger partial charge on any atom is -0.486 e. The third-order valence-electron chi connectivity index (χ3n) is 6.47. The van der Waals surface area contributed by atoms with Crippen molar-refractivity contribution in [2.24, 2.45) is 0 Å². The van der Waals surface area contributed by atoms with Crippen LogP contribution < -0.4 is 14.8 Å². The number of amides is 1. The van der Waals surface area contributed by atoms with E-state index in [0.717, 1.165) is 18.5 Å². The molecule has 6 heteroatoms. The average Bonchev–Trinajstić information content (AvgIpc) is 3.30. The van der Waals surface area contributed by atoms with Gasteiger partial charge in [-0.2, -0.15) is 0 Å². The SMILES string of the molecule is O=C(c1ccc2c(c1)OCCO2)N1CCC2(CC1)Nc1ccccc1-n1cccc12. The molecule has 6 rings (SSSR count). The van der Waals surface area contributed by atoms with Gasteiger partial charge in [0.25, 0.3) is 5.91 Å². The van der Waals surface area contributed by atoms with Crippen LogP contribution in [-0.4, -0.2) is 41.7 Å². The second-order valence-electron chi connectivity index (χ2n) is 8.14. The summed E-state index contributed by atoms with van der Waals surface area (Å²) in [6, 6.07) is 18.2. The highest BCUT2D eigenvalue weighted by molar-refractivity contribution is 5.95. The third kappa shape index (κ3) is 2.60. The molecule has 6 nitrogen and oxygen atoms in total. The number of hydrogen-bond donors (Lipinski definition) is 1. The van der Waals surface area contributed by atoms with Crippen molar-refractivity contribution in [2.45, 2.75) is 18.4 Å². The largest absolute Gasteiger partial charge is 0.486 e. The van der Waals surface area contributed by atoms with Crippen molar-refractivity contribution in [1.82, 2.24) is 9.47 Å². The molecule has 0 atom stereocenters. The summed E-state index contributed by atoms with van der Waals surface area (Å²) in [5.74, 6) is 1.42. The second-order valence-corrected chi connectivity index (χ2v) is 8.14. The molecule has 1 fully saturated rings. The zero-order chi connectivity index (χ0) is 20.1. The maximum Gasteiger partial charge on any atom is 0.253 e. The Kier molecular flexibility index (Phi) is 3.81. The molecule has 2 aromatic carbocycles. The van der Waals surface area contributed by atoms with E-state index in [1.807, 2.05) is 23.1 Å². The number of nitrogens with zero attached hydrogens (tertiary/aromatic N) is 2. The number of fused-ring (bicyclic) bond motifs is 5. The number of carbonyl (C=O) groups excluding carboxylic acids is 1. The van der Waals surface area contributed by atoms with E-state index in [2.05, 4.69) is 52.5 Å². The van der Waals surface area contributed by atoms with E-state index >= 15 is 0 Å². The van der Waals surface area contributed by atoms with E-state index in [0.29, 0.717) is 43.4 Å². The Bertz CT molecular complexity index is 1130. The molecular weight excluding hydrogens is 378 g/mol. The lowest BCUT2D eigenvalue weighted by atomic mass is 9.82. The average molecular weight is 401 g/mol. The lowest BCUT2D eigenvalue weighted by molar-refractivity contribution is 0.0675. The van der Waals surface area contributed by atoms with Crippen LogP contribution in [-0.2, 0) is 5.54 Å². The summed E-state index contributed by atoms with van der Waals surface area (Å²) in [5, 5.41) is 3.80. The van der Waals surface area contributed by atoms with Gasteiger partial charge in [-0.05, 0) is 55.3 Å². The number of nitrogens with one attached hydrogen (secondary N) is 1. The Hall–Kier alpha value is -3.41. The number of likely N-dealkylation sites (tertiary alicyclic amines) is 1. The Labute approximate surface area is 175 Å². The summed E-state index contributed by atoms with van der Waals surface area (Å²) in [6.07, 6.45) is 3.85. The van der Waals surface area contributed by atoms with Crippen LogP contribution >= 0.6 is 0 Å². The van der Waals surface area contributed by atoms with Crippen molar-refractivity contribution in [3.63, 3.8) is 0 Å². The van der Waals surface area contributed by atoms with E-state index in [1.54, 1.807) is 0 Å². The number of aromatic nitrogens is 1. The van der Waals surface area contributed by atoms with Crippen molar-refractivity contribution >= 4 is 11.6 Å². The molecule has 4 heterocycles. The van der Waals surface area contributed by atoms with Gasteiger partial charge in [0.05, 0.1) is 16.9 Å². The van der Waals surface area contributed by atoms with E-state index in [4.69, 9.17) is 9.47 Å². The maximum atomic E-state index is 13.2. The fourth-order valence-corrected chi connectivity index (χ4v) is 4.92. The van der Waals surface area contributed by atoms with Crippen LogP contribution in [0.1, 0.15) is 28.9 Å². The van der Waals surface area contributed by atoms with Gasteiger partial charge in [0.2, 0.25) is 0 Å². The molecule has 1 aromatic heterocycles. The molecule has 0 radical (unpaired) electrons. The standard InChI is InChI=1S/C24H23N3O3/c28-23(17-7-8-20-21(16-17)30-15-14-29-20)26-12-9-24(10-13-26)22-6-3-11-27(22)19-5-2-1-4-18(19)25-24/h1-8,11,16,25H,9-10,12-15H2. The van der Waals surface area contributed by atoms with Gasteiger partial charge in [0.1, 0.15) is 13.2 Å². The molecule has 0 saturated carbocycles. The van der Waals surface area contributed by atoms with Gasteiger partial charge in [-0.25, -0.2) is 0 Å². The minimum atomic E-state index is -0.151. The number of piperidine rings is 1. The number of ether oxygens (including phenoxy) is 2. The summed E-state index contributed by atoms with van der Waals surface area (Å²) in [5.41, 5.74) is 4.10. The summed E-state index contributed by atoms with van der Waals surface area (Å²) in [4.78, 5) is 15.1. The molecule has 0 unspecified atom stereocenters. The first-order chi connectivity index (χ1) is 14.7. The van der Waals surface area contributed by atoms with Crippen molar-refractivity contribution in [3.05, 3.63) is 72.1 Å². The third-order valence-corrected chi connectivity index (χ3v) is 6.47. The Balaban J connectivity index is 1.24. The first kappa shape index (κ1) is 17.4. The van der Waals surface area contributed by atoms with Gasteiger partial charge in [0.15, 0.2) is 11.5 Å². The normalized spacial score (nSPS) is 18.3. The number of benzene rings is 2. The van der Waals surface area contributed by atoms with E-state index in [9.17, 15) is 4.79 Å². The van der Waals surface area contributed by atoms with E-state index in [1.165, 1.54) is 11.4 Å². The quantitative estimate of drug-likeness (QED) is 0.674. The molecule has 30 heavy (non-hydrogen) atoms. The predicted octanol–water partition coefficient (Wildman–Crippen LogP) is 3.81. The molecule has 1 spiro atoms. The smallest absolute Gasteiger partial charge is 0.253 e. The van der Waals surface area contributed by atoms with Crippen molar-refractivity contribution in [1.29, 1.82) is 0 Å². The number of rotatable bonds is 1. The van der Waals surface area contributed by atoms with Crippen LogP contribution in [0.5, 0.6) is 11.5 Å². The summed E-state index contributed by atoms with van der Waals surface area (Å²) >= 11 is 0. The fraction of sp³-hybridized carbons (Fsp3) is 0.292. The number of para-hydroxylation sites is 2. The zero-order valence-corrected chi connectivity index (χ0v) is 16.6. The molecule has 1 N–H and O–H groups in total. The predicted molar refractivity (Wildman–Crippen MR) is 114 cm³/mol. The first-order valence-electron chi connectivity index (χ1n) is 10.5. The molecule has 152 valence electrons. The van der Waals surface area contributed by atoms with Crippen LogP contribution in [0.2, 0.25) is 0 Å². The molecule has 0 aliphatic carbocycles. The summed E-state index contributed by atoms with van der Waals surface area (Å²) in [6.45, 7) is 2.47. The van der Waals surface area contributed by atoms with E-state index in [-0.39, 0.29) is 11.4 Å². The highest BCUT2D eigenvalue weighted by Crippen LogP contribution is 2.43. The lowest BCUT2D eigenvalue weighted by Crippen LogP contribution is -2.51. The topological polar surface area (TPSA) is 55.7 Å². The van der Waals surface area contributed by atoms with Crippen LogP contribution in [0.15, 0.2) is 60.8 Å². The van der Waals surface area contributed by atoms with Crippen LogP contribution in [0.3, 0.4) is 0 Å². The van der Waals surface area contributed by atoms with E-state index < -0.39 is 0 Å². The summed E-state index contributed by atoms with van der Waals surface area (Å²) < 4.78 is 13.5. The molecule has 3 aliphatic rings. The van der Waals surface area contributed by atoms with Gasteiger partial charge in [-0.3, -0.25) is 4.79 Å². The highest BCUT2D eigenvalue weighted by Gasteiger charge is 2.42. The Morgan fingerprint density at radius 2 is 1.73 bits per heavy atom. The zero-order valence-electron chi connectivity index (χ0n) is 16.6. The molecular formula is C24H23N3O3. The highest BCUT2D eigenvalue weighted by atomic mass is 16.6. The molecule has 1 amide bonds. The summed E-state index contributed by atoms with van der Waals surface area (Å²) in [7, 11) is 0. The molecule has 3 aliphatic heterocycles. The molecule has 0 bridgehead atoms. The van der Waals surface area contributed by atoms with Crippen LogP contribution in [0.4, 0.5) is 5.69 Å². The van der Waals surface area contributed by atoms with Gasteiger partial charge < -0.3 is 24.3 Å². The second kappa shape index (κ2) is 6.55. The monoisotopic (exact) mass is 401 g/mol. The van der Waals surface area contributed by atoms with Crippen molar-refractivity contribution < 1.29 is 14.3 Å².